The highest BCUT2D eigenvalue weighted by atomic mass is 31.2. The van der Waals surface area contributed by atoms with Crippen LogP contribution >= 0.6 is 7.82 Å². The van der Waals surface area contributed by atoms with E-state index in [1.54, 1.807) is 13.8 Å². The van der Waals surface area contributed by atoms with Gasteiger partial charge >= 0.3 is 7.82 Å². The molecular formula is C48H99O8P. The van der Waals surface area contributed by atoms with E-state index in [-0.39, 0.29) is 25.4 Å². The largest absolute Gasteiger partial charge is 0.472 e. The van der Waals surface area contributed by atoms with E-state index in [1.807, 2.05) is 13.8 Å². The molecule has 4 atom stereocenters. The SMILES string of the molecule is CCCCCCCCCCCCCCCCCCOCC(C)OCC(C)OP(=O)(O)OC(C)COC(C)COCCCCCCCCCCCCCCCCCC. The first kappa shape index (κ1) is 57.0. The van der Waals surface area contributed by atoms with E-state index in [1.165, 1.54) is 193 Å². The van der Waals surface area contributed by atoms with Gasteiger partial charge in [0.1, 0.15) is 0 Å². The average Bonchev–Trinajstić information content (AvgIpc) is 3.18. The van der Waals surface area contributed by atoms with E-state index in [4.69, 9.17) is 28.0 Å². The highest BCUT2D eigenvalue weighted by Gasteiger charge is 2.28. The van der Waals surface area contributed by atoms with Crippen molar-refractivity contribution in [3.8, 4) is 0 Å². The van der Waals surface area contributed by atoms with E-state index in [0.717, 1.165) is 26.1 Å². The minimum atomic E-state index is -4.26. The molecular weight excluding hydrogens is 735 g/mol. The third-order valence-corrected chi connectivity index (χ3v) is 12.1. The Kier molecular flexibility index (Phi) is 44.0. The second kappa shape index (κ2) is 44.0. The van der Waals surface area contributed by atoms with E-state index in [9.17, 15) is 9.46 Å². The molecule has 9 heteroatoms. The molecule has 0 aliphatic rings. The Labute approximate surface area is 355 Å². The normalized spacial score (nSPS) is 15.1. The van der Waals surface area contributed by atoms with Crippen LogP contribution < -0.4 is 0 Å². The molecule has 0 radical (unpaired) electrons. The van der Waals surface area contributed by atoms with Crippen LogP contribution in [0.25, 0.3) is 0 Å². The molecule has 0 aromatic heterocycles. The number of phosphoric acid groups is 1. The zero-order valence-corrected chi connectivity index (χ0v) is 39.8. The van der Waals surface area contributed by atoms with E-state index in [2.05, 4.69) is 13.8 Å². The average molecular weight is 835 g/mol. The second-order valence-electron chi connectivity index (χ2n) is 17.3. The molecule has 0 aromatic carbocycles. The molecule has 0 fully saturated rings. The van der Waals surface area contributed by atoms with Crippen molar-refractivity contribution in [3.05, 3.63) is 0 Å². The van der Waals surface area contributed by atoms with Gasteiger partial charge in [0.15, 0.2) is 0 Å². The molecule has 0 saturated heterocycles. The van der Waals surface area contributed by atoms with Gasteiger partial charge in [-0.05, 0) is 40.5 Å². The van der Waals surface area contributed by atoms with Gasteiger partial charge in [0.25, 0.3) is 0 Å². The first-order valence-corrected chi connectivity index (χ1v) is 26.3. The van der Waals surface area contributed by atoms with Gasteiger partial charge in [0.05, 0.1) is 50.8 Å². The van der Waals surface area contributed by atoms with Crippen molar-refractivity contribution in [2.45, 2.75) is 271 Å². The van der Waals surface area contributed by atoms with Crippen LogP contribution in [-0.4, -0.2) is 69.0 Å². The molecule has 0 aliphatic heterocycles. The number of rotatable bonds is 48. The topological polar surface area (TPSA) is 92.7 Å². The summed E-state index contributed by atoms with van der Waals surface area (Å²) in [6.07, 6.45) is 42.0. The van der Waals surface area contributed by atoms with Gasteiger partial charge in [-0.2, -0.15) is 0 Å². The summed E-state index contributed by atoms with van der Waals surface area (Å²) >= 11 is 0. The molecule has 0 heterocycles. The van der Waals surface area contributed by atoms with Crippen LogP contribution in [0.2, 0.25) is 0 Å². The summed E-state index contributed by atoms with van der Waals surface area (Å²) in [5.74, 6) is 0. The molecule has 0 amide bonds. The maximum absolute atomic E-state index is 12.6. The smallest absolute Gasteiger partial charge is 0.379 e. The lowest BCUT2D eigenvalue weighted by molar-refractivity contribution is -0.0508. The van der Waals surface area contributed by atoms with Gasteiger partial charge < -0.3 is 23.8 Å². The number of hydrogen-bond donors (Lipinski definition) is 1. The van der Waals surface area contributed by atoms with Crippen molar-refractivity contribution in [2.75, 3.05) is 39.6 Å². The number of phosphoric ester groups is 1. The van der Waals surface area contributed by atoms with Crippen molar-refractivity contribution in [2.24, 2.45) is 0 Å². The molecule has 344 valence electrons. The van der Waals surface area contributed by atoms with Crippen LogP contribution in [0.15, 0.2) is 0 Å². The van der Waals surface area contributed by atoms with Crippen molar-refractivity contribution in [3.63, 3.8) is 0 Å². The summed E-state index contributed by atoms with van der Waals surface area (Å²) in [4.78, 5) is 10.3. The lowest BCUT2D eigenvalue weighted by atomic mass is 10.0. The van der Waals surface area contributed by atoms with Gasteiger partial charge in [-0.3, -0.25) is 9.05 Å². The third kappa shape index (κ3) is 45.3. The Hall–Kier alpha value is -0.0500. The van der Waals surface area contributed by atoms with Crippen LogP contribution in [0.4, 0.5) is 0 Å². The summed E-state index contributed by atoms with van der Waals surface area (Å²) in [6.45, 7) is 14.7. The zero-order valence-electron chi connectivity index (χ0n) is 38.9. The van der Waals surface area contributed by atoms with Crippen LogP contribution in [0.5, 0.6) is 0 Å². The number of unbranched alkanes of at least 4 members (excludes halogenated alkanes) is 30. The predicted octanol–water partition coefficient (Wildman–Crippen LogP) is 15.3. The Morgan fingerprint density at radius 3 is 0.825 bits per heavy atom. The Bertz CT molecular complexity index is 770. The fourth-order valence-corrected chi connectivity index (χ4v) is 8.32. The summed E-state index contributed by atoms with van der Waals surface area (Å²) in [7, 11) is -4.26. The van der Waals surface area contributed by atoms with E-state index in [0.29, 0.717) is 13.2 Å². The molecule has 0 aromatic rings. The van der Waals surface area contributed by atoms with Gasteiger partial charge in [0.2, 0.25) is 0 Å². The summed E-state index contributed by atoms with van der Waals surface area (Å²) in [5.41, 5.74) is 0. The van der Waals surface area contributed by atoms with Crippen LogP contribution in [0, 0.1) is 0 Å². The Morgan fingerprint density at radius 2 is 0.579 bits per heavy atom. The molecule has 0 bridgehead atoms. The molecule has 57 heavy (non-hydrogen) atoms. The minimum Gasteiger partial charge on any atom is -0.379 e. The Morgan fingerprint density at radius 1 is 0.351 bits per heavy atom. The lowest BCUT2D eigenvalue weighted by Gasteiger charge is -2.23. The maximum Gasteiger partial charge on any atom is 0.472 e. The van der Waals surface area contributed by atoms with Crippen LogP contribution in [0.1, 0.15) is 247 Å². The number of hydrogen-bond acceptors (Lipinski definition) is 7. The van der Waals surface area contributed by atoms with Crippen molar-refractivity contribution in [1.29, 1.82) is 0 Å². The van der Waals surface area contributed by atoms with Crippen LogP contribution in [0.3, 0.4) is 0 Å². The highest BCUT2D eigenvalue weighted by Crippen LogP contribution is 2.46. The molecule has 0 aliphatic carbocycles. The second-order valence-corrected chi connectivity index (χ2v) is 18.7. The predicted molar refractivity (Wildman–Crippen MR) is 242 cm³/mol. The quantitative estimate of drug-likeness (QED) is 0.0479. The third-order valence-electron chi connectivity index (χ3n) is 10.8. The Balaban J connectivity index is 3.62. The number of ether oxygens (including phenoxy) is 4. The van der Waals surface area contributed by atoms with Crippen molar-refractivity contribution < 1.29 is 37.5 Å². The van der Waals surface area contributed by atoms with Crippen LogP contribution in [-0.2, 0) is 32.6 Å². The summed E-state index contributed by atoms with van der Waals surface area (Å²) in [5, 5.41) is 0. The fourth-order valence-electron chi connectivity index (χ4n) is 7.24. The fraction of sp³-hybridized carbons (Fsp3) is 1.00. The minimum absolute atomic E-state index is 0.129. The zero-order chi connectivity index (χ0) is 41.9. The molecule has 1 N–H and O–H groups in total. The molecule has 0 rings (SSSR count). The highest BCUT2D eigenvalue weighted by molar-refractivity contribution is 7.47. The molecule has 4 unspecified atom stereocenters. The van der Waals surface area contributed by atoms with Gasteiger partial charge in [-0.1, -0.05) is 206 Å². The van der Waals surface area contributed by atoms with Crippen molar-refractivity contribution in [1.82, 2.24) is 0 Å². The molecule has 0 saturated carbocycles. The van der Waals surface area contributed by atoms with Gasteiger partial charge in [-0.25, -0.2) is 4.57 Å². The van der Waals surface area contributed by atoms with Crippen molar-refractivity contribution >= 4 is 7.82 Å². The molecule has 0 spiro atoms. The van der Waals surface area contributed by atoms with Gasteiger partial charge in [-0.15, -0.1) is 0 Å². The lowest BCUT2D eigenvalue weighted by Crippen LogP contribution is -2.25. The first-order chi connectivity index (χ1) is 27.7. The standard InChI is InChI=1S/C48H99O8P/c1-7-9-11-13-15-17-19-21-23-25-27-29-31-33-35-37-39-51-41-45(3)53-43-47(5)55-57(49,50)56-48(6)44-54-46(4)42-52-40-38-36-34-32-30-28-26-24-22-20-18-16-14-12-10-8-2/h45-48H,7-44H2,1-6H3,(H,49,50). The molecule has 8 nitrogen and oxygen atoms in total. The first-order valence-electron chi connectivity index (χ1n) is 24.8. The monoisotopic (exact) mass is 835 g/mol. The summed E-state index contributed by atoms with van der Waals surface area (Å²) < 4.78 is 46.4. The maximum atomic E-state index is 12.6. The van der Waals surface area contributed by atoms with Gasteiger partial charge in [0, 0.05) is 13.2 Å². The van der Waals surface area contributed by atoms with E-state index >= 15 is 0 Å². The van der Waals surface area contributed by atoms with E-state index < -0.39 is 20.0 Å². The summed E-state index contributed by atoms with van der Waals surface area (Å²) in [6, 6.07) is 0.